The quantitative estimate of drug-likeness (QED) is 0.840. The maximum Gasteiger partial charge on any atom is 0.353 e. The van der Waals surface area contributed by atoms with E-state index in [1.54, 1.807) is 6.92 Å². The van der Waals surface area contributed by atoms with Crippen LogP contribution in [0, 0.1) is 6.92 Å². The number of carbonyl (C=O) groups excluding carboxylic acids is 2. The normalized spacial score (nSPS) is 16.9. The summed E-state index contributed by atoms with van der Waals surface area (Å²) in [6, 6.07) is 6.89. The Morgan fingerprint density at radius 1 is 1.00 bits per heavy atom. The molecule has 0 saturated heterocycles. The van der Waals surface area contributed by atoms with Crippen LogP contribution >= 0.6 is 0 Å². The molecular formula is C16H12N6O2. The largest absolute Gasteiger partial charge is 0.353 e. The number of para-hydroxylation sites is 1. The molecule has 0 N–H and O–H groups in total. The van der Waals surface area contributed by atoms with Crippen LogP contribution in [0.1, 0.15) is 18.4 Å². The number of amides is 3. The first-order valence-electron chi connectivity index (χ1n) is 7.34. The summed E-state index contributed by atoms with van der Waals surface area (Å²) in [6.07, 6.45) is 0. The summed E-state index contributed by atoms with van der Waals surface area (Å²) in [5, 5.41) is 0.932. The zero-order valence-electron chi connectivity index (χ0n) is 13.0. The van der Waals surface area contributed by atoms with Gasteiger partial charge in [0, 0.05) is 11.1 Å². The highest BCUT2D eigenvalue weighted by Gasteiger charge is 2.37. The lowest BCUT2D eigenvalue weighted by Gasteiger charge is -2.21. The van der Waals surface area contributed by atoms with Crippen LogP contribution < -0.4 is 0 Å². The highest BCUT2D eigenvalue weighted by atomic mass is 16.2. The van der Waals surface area contributed by atoms with E-state index in [9.17, 15) is 9.59 Å². The minimum absolute atomic E-state index is 0.0574. The first-order chi connectivity index (χ1) is 11.5. The molecule has 3 amide bonds. The average molecular weight is 320 g/mol. The Morgan fingerprint density at radius 2 is 1.79 bits per heavy atom. The van der Waals surface area contributed by atoms with Crippen molar-refractivity contribution in [2.45, 2.75) is 20.4 Å². The summed E-state index contributed by atoms with van der Waals surface area (Å²) in [7, 11) is 0. The number of fused-ring (bicyclic) bond motifs is 2. The van der Waals surface area contributed by atoms with Gasteiger partial charge in [0.05, 0.1) is 12.1 Å². The molecule has 1 aromatic heterocycles. The Morgan fingerprint density at radius 3 is 2.62 bits per heavy atom. The van der Waals surface area contributed by atoms with Crippen LogP contribution in [0.5, 0.6) is 0 Å². The van der Waals surface area contributed by atoms with Crippen LogP contribution in [0.3, 0.4) is 0 Å². The van der Waals surface area contributed by atoms with Gasteiger partial charge in [-0.3, -0.25) is 4.79 Å². The van der Waals surface area contributed by atoms with Gasteiger partial charge in [0.1, 0.15) is 11.7 Å². The summed E-state index contributed by atoms with van der Waals surface area (Å²) in [6.45, 7) is 3.45. The van der Waals surface area contributed by atoms with Crippen molar-refractivity contribution in [1.29, 1.82) is 0 Å². The minimum atomic E-state index is -0.679. The van der Waals surface area contributed by atoms with Crippen LogP contribution in [-0.4, -0.2) is 44.2 Å². The zero-order chi connectivity index (χ0) is 16.8. The monoisotopic (exact) mass is 320 g/mol. The smallest absolute Gasteiger partial charge is 0.267 e. The van der Waals surface area contributed by atoms with Crippen molar-refractivity contribution in [2.24, 2.45) is 15.0 Å². The van der Waals surface area contributed by atoms with Gasteiger partial charge in [-0.05, 0) is 19.9 Å². The number of carbonyl (C=O) groups is 2. The summed E-state index contributed by atoms with van der Waals surface area (Å²) >= 11 is 0. The maximum atomic E-state index is 12.5. The maximum absolute atomic E-state index is 12.5. The van der Waals surface area contributed by atoms with Crippen molar-refractivity contribution in [3.63, 3.8) is 0 Å². The lowest BCUT2D eigenvalue weighted by Crippen LogP contribution is -2.45. The molecule has 2 aliphatic heterocycles. The molecule has 0 radical (unpaired) electrons. The molecule has 8 nitrogen and oxygen atoms in total. The molecule has 2 aromatic rings. The number of nitrogens with zero attached hydrogens (tertiary/aromatic N) is 6. The van der Waals surface area contributed by atoms with E-state index in [1.807, 2.05) is 31.2 Å². The van der Waals surface area contributed by atoms with Crippen molar-refractivity contribution < 1.29 is 9.59 Å². The number of urea groups is 1. The predicted octanol–water partition coefficient (Wildman–Crippen LogP) is 1.67. The molecular weight excluding hydrogens is 308 g/mol. The van der Waals surface area contributed by atoms with Crippen molar-refractivity contribution in [3.8, 4) is 0 Å². The van der Waals surface area contributed by atoms with Crippen molar-refractivity contribution in [1.82, 2.24) is 14.9 Å². The number of imide groups is 1. The molecule has 0 spiro atoms. The summed E-state index contributed by atoms with van der Waals surface area (Å²) in [5.41, 5.74) is 1.64. The number of hydrogen-bond donors (Lipinski definition) is 0. The Kier molecular flexibility index (Phi) is 3.05. The van der Waals surface area contributed by atoms with Crippen LogP contribution in [0.25, 0.3) is 10.9 Å². The minimum Gasteiger partial charge on any atom is -0.267 e. The first-order valence-corrected chi connectivity index (χ1v) is 7.34. The topological polar surface area (TPSA) is 100 Å². The van der Waals surface area contributed by atoms with Crippen molar-refractivity contribution in [3.05, 3.63) is 35.8 Å². The Balaban J connectivity index is 1.70. The Bertz CT molecular complexity index is 1000. The fraction of sp³-hybridized carbons (Fsp3) is 0.188. The Labute approximate surface area is 136 Å². The highest BCUT2D eigenvalue weighted by Crippen LogP contribution is 2.18. The molecule has 0 unspecified atom stereocenters. The molecule has 0 saturated carbocycles. The van der Waals surface area contributed by atoms with E-state index >= 15 is 0 Å². The fourth-order valence-electron chi connectivity index (χ4n) is 2.68. The molecule has 0 bridgehead atoms. The molecule has 24 heavy (non-hydrogen) atoms. The predicted molar refractivity (Wildman–Crippen MR) is 88.2 cm³/mol. The highest BCUT2D eigenvalue weighted by molar-refractivity contribution is 6.72. The molecule has 0 fully saturated rings. The SMILES string of the molecule is CC1=NC2=NC(=O)N(Cc3nc(C)c4ccccc4n3)C(=O)C2=N1. The third-order valence-corrected chi connectivity index (χ3v) is 3.77. The van der Waals surface area contributed by atoms with Crippen LogP contribution in [0.2, 0.25) is 0 Å². The fourth-order valence-corrected chi connectivity index (χ4v) is 2.68. The summed E-state index contributed by atoms with van der Waals surface area (Å²) in [4.78, 5) is 46.3. The summed E-state index contributed by atoms with van der Waals surface area (Å²) in [5.74, 6) is 0.335. The summed E-state index contributed by atoms with van der Waals surface area (Å²) < 4.78 is 0. The van der Waals surface area contributed by atoms with Crippen LogP contribution in [-0.2, 0) is 11.3 Å². The van der Waals surface area contributed by atoms with E-state index in [0.717, 1.165) is 21.5 Å². The van der Waals surface area contributed by atoms with E-state index in [4.69, 9.17) is 0 Å². The molecule has 3 heterocycles. The zero-order valence-corrected chi connectivity index (χ0v) is 13.0. The standard InChI is InChI=1S/C16H12N6O2/c1-8-10-5-3-4-6-11(10)20-12(17-8)7-22-15(23)13-14(21-16(22)24)19-9(2)18-13/h3-6H,7H2,1-2H3. The molecule has 118 valence electrons. The Hall–Kier alpha value is -3.29. The van der Waals surface area contributed by atoms with Gasteiger partial charge in [0.25, 0.3) is 5.91 Å². The molecule has 1 aromatic carbocycles. The van der Waals surface area contributed by atoms with Gasteiger partial charge >= 0.3 is 6.03 Å². The number of aryl methyl sites for hydroxylation is 1. The molecule has 4 rings (SSSR count). The number of amidine groups is 2. The third kappa shape index (κ3) is 2.19. The number of aliphatic imine (C=N–C) groups is 3. The second-order valence-electron chi connectivity index (χ2n) is 5.47. The van der Waals surface area contributed by atoms with E-state index in [0.29, 0.717) is 11.7 Å². The van der Waals surface area contributed by atoms with Gasteiger partial charge in [-0.2, -0.15) is 4.99 Å². The van der Waals surface area contributed by atoms with Gasteiger partial charge < -0.3 is 0 Å². The van der Waals surface area contributed by atoms with E-state index in [2.05, 4.69) is 24.9 Å². The first kappa shape index (κ1) is 14.3. The van der Waals surface area contributed by atoms with Gasteiger partial charge in [-0.1, -0.05) is 18.2 Å². The van der Waals surface area contributed by atoms with Crippen molar-refractivity contribution >= 4 is 40.2 Å². The van der Waals surface area contributed by atoms with Crippen molar-refractivity contribution in [2.75, 3.05) is 0 Å². The second kappa shape index (κ2) is 5.12. The number of benzene rings is 1. The lowest BCUT2D eigenvalue weighted by molar-refractivity contribution is -0.121. The second-order valence-corrected chi connectivity index (χ2v) is 5.47. The van der Waals surface area contributed by atoms with E-state index < -0.39 is 11.9 Å². The number of aromatic nitrogens is 2. The van der Waals surface area contributed by atoms with Gasteiger partial charge in [-0.25, -0.2) is 29.6 Å². The van der Waals surface area contributed by atoms with E-state index in [1.165, 1.54) is 0 Å². The average Bonchev–Trinajstić information content (AvgIpc) is 2.92. The van der Waals surface area contributed by atoms with Gasteiger partial charge in [0.2, 0.25) is 0 Å². The molecule has 0 aliphatic carbocycles. The lowest BCUT2D eigenvalue weighted by atomic mass is 10.2. The number of hydrogen-bond acceptors (Lipinski definition) is 6. The molecule has 8 heteroatoms. The van der Waals surface area contributed by atoms with Gasteiger partial charge in [0.15, 0.2) is 11.5 Å². The molecule has 0 atom stereocenters. The third-order valence-electron chi connectivity index (χ3n) is 3.77. The van der Waals surface area contributed by atoms with Crippen LogP contribution in [0.4, 0.5) is 4.79 Å². The van der Waals surface area contributed by atoms with Crippen LogP contribution in [0.15, 0.2) is 39.2 Å². The molecule has 2 aliphatic rings. The van der Waals surface area contributed by atoms with E-state index in [-0.39, 0.29) is 18.1 Å². The van der Waals surface area contributed by atoms with Gasteiger partial charge in [-0.15, -0.1) is 0 Å². The number of rotatable bonds is 2.